The van der Waals surface area contributed by atoms with Crippen LogP contribution in [0.1, 0.15) is 31.1 Å². The highest BCUT2D eigenvalue weighted by Gasteiger charge is 2.33. The summed E-state index contributed by atoms with van der Waals surface area (Å²) in [5.41, 5.74) is 0.0353. The van der Waals surface area contributed by atoms with Crippen LogP contribution in [0.15, 0.2) is 42.5 Å². The second kappa shape index (κ2) is 9.94. The molecule has 1 aliphatic rings. The summed E-state index contributed by atoms with van der Waals surface area (Å²) in [4.78, 5) is 12.3. The van der Waals surface area contributed by atoms with Crippen LogP contribution in [-0.4, -0.2) is 50.7 Å². The molecule has 0 saturated heterocycles. The number of carbonyl (C=O) groups excluding carboxylic acids is 1. The molecule has 0 aliphatic carbocycles. The lowest BCUT2D eigenvalue weighted by atomic mass is 10.0. The van der Waals surface area contributed by atoms with Gasteiger partial charge in [0.25, 0.3) is 10.1 Å². The van der Waals surface area contributed by atoms with Crippen molar-refractivity contribution in [3.63, 3.8) is 0 Å². The van der Waals surface area contributed by atoms with Crippen LogP contribution in [0.3, 0.4) is 0 Å². The molecule has 2 aromatic carbocycles. The van der Waals surface area contributed by atoms with Crippen molar-refractivity contribution < 1.29 is 41.1 Å². The highest BCUT2D eigenvalue weighted by atomic mass is 32.2. The van der Waals surface area contributed by atoms with Crippen LogP contribution in [0.25, 0.3) is 0 Å². The fourth-order valence-electron chi connectivity index (χ4n) is 3.11. The Bertz CT molecular complexity index is 1090. The Hall–Kier alpha value is -2.89. The molecule has 0 spiro atoms. The van der Waals surface area contributed by atoms with Gasteiger partial charge in [-0.05, 0) is 37.1 Å². The van der Waals surface area contributed by atoms with Crippen molar-refractivity contribution >= 4 is 16.2 Å². The molecule has 11 heteroatoms. The molecule has 3 rings (SSSR count). The maximum Gasteiger partial charge on any atom is 0.407 e. The van der Waals surface area contributed by atoms with Gasteiger partial charge in [-0.25, -0.2) is 9.18 Å². The van der Waals surface area contributed by atoms with E-state index in [2.05, 4.69) is 5.32 Å². The molecule has 2 N–H and O–H groups in total. The summed E-state index contributed by atoms with van der Waals surface area (Å²) in [5.74, 6) is -0.786. The summed E-state index contributed by atoms with van der Waals surface area (Å²) >= 11 is 0. The summed E-state index contributed by atoms with van der Waals surface area (Å²) in [6.45, 7) is 2.99. The quantitative estimate of drug-likeness (QED) is 0.550. The first-order chi connectivity index (χ1) is 15.4. The summed E-state index contributed by atoms with van der Waals surface area (Å²) < 4.78 is 58.6. The van der Waals surface area contributed by atoms with E-state index < -0.39 is 46.4 Å². The van der Waals surface area contributed by atoms with E-state index in [4.69, 9.17) is 18.4 Å². The van der Waals surface area contributed by atoms with Crippen molar-refractivity contribution in [3.05, 3.63) is 59.4 Å². The number of ether oxygens (including phenoxy) is 3. The lowest BCUT2D eigenvalue weighted by Gasteiger charge is -2.33. The van der Waals surface area contributed by atoms with Crippen LogP contribution in [0.5, 0.6) is 11.5 Å². The molecule has 2 atom stereocenters. The first-order valence-corrected chi connectivity index (χ1v) is 11.9. The van der Waals surface area contributed by atoms with Crippen molar-refractivity contribution in [3.8, 4) is 11.5 Å². The van der Waals surface area contributed by atoms with E-state index in [1.807, 2.05) is 6.07 Å². The molecular weight excluding hydrogens is 457 g/mol. The Labute approximate surface area is 191 Å². The van der Waals surface area contributed by atoms with Gasteiger partial charge in [0.05, 0.1) is 18.9 Å². The van der Waals surface area contributed by atoms with Gasteiger partial charge in [-0.3, -0.25) is 4.18 Å². The molecular formula is C22H26FNO8S. The molecule has 0 radical (unpaired) electrons. The lowest BCUT2D eigenvalue weighted by molar-refractivity contribution is 0.0176. The Morgan fingerprint density at radius 1 is 1.27 bits per heavy atom. The molecule has 0 aromatic heterocycles. The Morgan fingerprint density at radius 3 is 2.64 bits per heavy atom. The fourth-order valence-corrected chi connectivity index (χ4v) is 3.50. The molecule has 9 nitrogen and oxygen atoms in total. The monoisotopic (exact) mass is 483 g/mol. The largest absolute Gasteiger partial charge is 0.483 e. The second-order valence-corrected chi connectivity index (χ2v) is 9.87. The first kappa shape index (κ1) is 24.7. The average Bonchev–Trinajstić information content (AvgIpc) is 2.73. The van der Waals surface area contributed by atoms with Crippen LogP contribution >= 0.6 is 0 Å². The predicted molar refractivity (Wildman–Crippen MR) is 116 cm³/mol. The maximum atomic E-state index is 14.6. The molecule has 33 heavy (non-hydrogen) atoms. The number of amides is 1. The van der Waals surface area contributed by atoms with E-state index in [9.17, 15) is 22.7 Å². The van der Waals surface area contributed by atoms with Crippen LogP contribution in [0, 0.1) is 5.82 Å². The number of halogens is 1. The minimum atomic E-state index is -3.89. The molecule has 2 aromatic rings. The molecule has 0 unspecified atom stereocenters. The zero-order valence-corrected chi connectivity index (χ0v) is 19.2. The number of fused-ring (bicyclic) bond motifs is 1. The number of aliphatic hydroxyl groups excluding tert-OH is 1. The molecule has 1 aliphatic heterocycles. The molecule has 0 fully saturated rings. The Kier molecular flexibility index (Phi) is 7.45. The normalized spacial score (nSPS) is 16.5. The molecule has 0 bridgehead atoms. The van der Waals surface area contributed by atoms with Gasteiger partial charge in [0, 0.05) is 0 Å². The van der Waals surface area contributed by atoms with Crippen LogP contribution in [0.2, 0.25) is 0 Å². The number of nitrogens with one attached hydrogen (secondary N) is 1. The van der Waals surface area contributed by atoms with E-state index in [1.165, 1.54) is 6.07 Å². The highest BCUT2D eigenvalue weighted by molar-refractivity contribution is 7.85. The third-order valence-corrected chi connectivity index (χ3v) is 5.25. The van der Waals surface area contributed by atoms with Gasteiger partial charge >= 0.3 is 6.09 Å². The maximum absolute atomic E-state index is 14.6. The highest BCUT2D eigenvalue weighted by Crippen LogP contribution is 2.39. The SMILES string of the molecule is CC1(C)COc2c(F)cc([C@@H](O)[C@@H](COS(C)(=O)=O)NC(=O)OCc3ccccc3)cc2O1. The predicted octanol–water partition coefficient (Wildman–Crippen LogP) is 2.68. The Balaban J connectivity index is 1.78. The van der Waals surface area contributed by atoms with Gasteiger partial charge < -0.3 is 24.6 Å². The van der Waals surface area contributed by atoms with Crippen molar-refractivity contribution in [2.24, 2.45) is 0 Å². The summed E-state index contributed by atoms with van der Waals surface area (Å²) in [6.07, 6.45) is -1.64. The molecule has 1 heterocycles. The third-order valence-electron chi connectivity index (χ3n) is 4.68. The van der Waals surface area contributed by atoms with Gasteiger partial charge in [0.15, 0.2) is 17.3 Å². The second-order valence-electron chi connectivity index (χ2n) is 8.23. The molecule has 0 saturated carbocycles. The average molecular weight is 484 g/mol. The standard InChI is InChI=1S/C22H26FNO8S/c1-22(2)13-30-20-16(23)9-15(10-18(20)32-22)19(25)17(12-31-33(3,27)28)24-21(26)29-11-14-7-5-4-6-8-14/h4-10,17,19,25H,11-13H2,1-3H3,(H,24,26)/t17-,19-/m1/s1. The number of aliphatic hydroxyl groups is 1. The smallest absolute Gasteiger partial charge is 0.407 e. The molecule has 1 amide bonds. The number of hydrogen-bond acceptors (Lipinski definition) is 8. The van der Waals surface area contributed by atoms with E-state index in [0.717, 1.165) is 17.9 Å². The zero-order chi connectivity index (χ0) is 24.2. The number of alkyl carbamates (subject to hydrolysis) is 1. The first-order valence-electron chi connectivity index (χ1n) is 10.1. The topological polar surface area (TPSA) is 120 Å². The number of benzene rings is 2. The van der Waals surface area contributed by atoms with Crippen LogP contribution in [-0.2, 0) is 25.6 Å². The van der Waals surface area contributed by atoms with Gasteiger partial charge in [-0.1, -0.05) is 30.3 Å². The number of carbonyl (C=O) groups is 1. The van der Waals surface area contributed by atoms with E-state index in [0.29, 0.717) is 0 Å². The minimum Gasteiger partial charge on any atom is -0.483 e. The van der Waals surface area contributed by atoms with Gasteiger partial charge in [-0.15, -0.1) is 0 Å². The van der Waals surface area contributed by atoms with Crippen molar-refractivity contribution in [1.82, 2.24) is 5.32 Å². The van der Waals surface area contributed by atoms with Crippen LogP contribution in [0.4, 0.5) is 9.18 Å². The summed E-state index contributed by atoms with van der Waals surface area (Å²) in [7, 11) is -3.89. The summed E-state index contributed by atoms with van der Waals surface area (Å²) in [6, 6.07) is 9.99. The number of hydrogen-bond donors (Lipinski definition) is 2. The van der Waals surface area contributed by atoms with E-state index >= 15 is 0 Å². The summed E-state index contributed by atoms with van der Waals surface area (Å²) in [5, 5.41) is 13.2. The van der Waals surface area contributed by atoms with Gasteiger partial charge in [-0.2, -0.15) is 8.42 Å². The van der Waals surface area contributed by atoms with Crippen molar-refractivity contribution in [2.45, 2.75) is 38.2 Å². The fraction of sp³-hybridized carbons (Fsp3) is 0.409. The van der Waals surface area contributed by atoms with E-state index in [-0.39, 0.29) is 30.3 Å². The van der Waals surface area contributed by atoms with Crippen LogP contribution < -0.4 is 14.8 Å². The van der Waals surface area contributed by atoms with Crippen molar-refractivity contribution in [1.29, 1.82) is 0 Å². The Morgan fingerprint density at radius 2 is 1.97 bits per heavy atom. The van der Waals surface area contributed by atoms with Gasteiger partial charge in [0.1, 0.15) is 24.9 Å². The molecule has 180 valence electrons. The van der Waals surface area contributed by atoms with Crippen molar-refractivity contribution in [2.75, 3.05) is 19.5 Å². The minimum absolute atomic E-state index is 0.0259. The third kappa shape index (κ3) is 7.04. The lowest BCUT2D eigenvalue weighted by Crippen LogP contribution is -2.43. The van der Waals surface area contributed by atoms with E-state index in [1.54, 1.807) is 38.1 Å². The van der Waals surface area contributed by atoms with Gasteiger partial charge in [0.2, 0.25) is 0 Å². The zero-order valence-electron chi connectivity index (χ0n) is 18.4. The number of rotatable bonds is 8.